The molecule has 0 aliphatic rings. The molecule has 0 aliphatic carbocycles. The molecule has 2 rings (SSSR count). The predicted molar refractivity (Wildman–Crippen MR) is 73.8 cm³/mol. The van der Waals surface area contributed by atoms with Gasteiger partial charge in [-0.3, -0.25) is 0 Å². The number of nitriles is 1. The van der Waals surface area contributed by atoms with Crippen LogP contribution in [0.1, 0.15) is 11.1 Å². The van der Waals surface area contributed by atoms with E-state index >= 15 is 0 Å². The number of benzene rings is 2. The molecule has 0 atom stereocenters. The van der Waals surface area contributed by atoms with Gasteiger partial charge >= 0.3 is 0 Å². The van der Waals surface area contributed by atoms with Crippen molar-refractivity contribution in [2.45, 2.75) is 4.90 Å². The zero-order valence-electron chi connectivity index (χ0n) is 10.0. The van der Waals surface area contributed by atoms with Gasteiger partial charge in [0.2, 0.25) is 0 Å². The second-order valence-corrected chi connectivity index (χ2v) is 5.73. The van der Waals surface area contributed by atoms with Crippen molar-refractivity contribution < 1.29 is 8.42 Å². The van der Waals surface area contributed by atoms with Crippen LogP contribution in [0.15, 0.2) is 64.9 Å². The first kappa shape index (κ1) is 13.1. The van der Waals surface area contributed by atoms with E-state index in [-0.39, 0.29) is 4.90 Å². The van der Waals surface area contributed by atoms with Crippen LogP contribution in [-0.2, 0) is 9.84 Å². The molecule has 0 amide bonds. The largest absolute Gasteiger partial charge is 0.219 e. The molecule has 0 aromatic heterocycles. The molecule has 0 aliphatic heterocycles. The van der Waals surface area contributed by atoms with E-state index in [1.807, 2.05) is 6.07 Å². The molecule has 0 radical (unpaired) electrons. The van der Waals surface area contributed by atoms with Crippen molar-refractivity contribution >= 4 is 15.9 Å². The highest BCUT2D eigenvalue weighted by Gasteiger charge is 2.08. The Morgan fingerprint density at radius 3 is 2.16 bits per heavy atom. The second-order valence-electron chi connectivity index (χ2n) is 3.89. The molecule has 4 heteroatoms. The Morgan fingerprint density at radius 1 is 0.947 bits per heavy atom. The Kier molecular flexibility index (Phi) is 3.79. The van der Waals surface area contributed by atoms with Crippen LogP contribution in [0.5, 0.6) is 0 Å². The fraction of sp³-hybridized carbons (Fsp3) is 0. The van der Waals surface area contributed by atoms with E-state index in [0.717, 1.165) is 5.56 Å². The Hall–Kier alpha value is -2.38. The van der Waals surface area contributed by atoms with E-state index < -0.39 is 9.84 Å². The molecule has 19 heavy (non-hydrogen) atoms. The van der Waals surface area contributed by atoms with Gasteiger partial charge in [0, 0.05) is 5.41 Å². The summed E-state index contributed by atoms with van der Waals surface area (Å²) < 4.78 is 24.0. The van der Waals surface area contributed by atoms with Gasteiger partial charge in [0.05, 0.1) is 16.5 Å². The van der Waals surface area contributed by atoms with Crippen LogP contribution < -0.4 is 0 Å². The van der Waals surface area contributed by atoms with E-state index in [1.54, 1.807) is 54.6 Å². The quantitative estimate of drug-likeness (QED) is 0.860. The lowest BCUT2D eigenvalue weighted by Crippen LogP contribution is -1.95. The summed E-state index contributed by atoms with van der Waals surface area (Å²) in [4.78, 5) is 0.264. The van der Waals surface area contributed by atoms with Gasteiger partial charge in [-0.1, -0.05) is 30.3 Å². The average molecular weight is 269 g/mol. The van der Waals surface area contributed by atoms with E-state index in [4.69, 9.17) is 5.26 Å². The van der Waals surface area contributed by atoms with Crippen LogP contribution in [0.3, 0.4) is 0 Å². The maximum absolute atomic E-state index is 12.0. The van der Waals surface area contributed by atoms with Crippen molar-refractivity contribution in [2.24, 2.45) is 0 Å². The van der Waals surface area contributed by atoms with Crippen LogP contribution >= 0.6 is 0 Å². The smallest absolute Gasteiger partial charge is 0.199 e. The molecular weight excluding hydrogens is 258 g/mol. The number of sulfone groups is 1. The molecule has 2 aromatic carbocycles. The number of hydrogen-bond acceptors (Lipinski definition) is 3. The monoisotopic (exact) mass is 269 g/mol. The van der Waals surface area contributed by atoms with Gasteiger partial charge in [-0.05, 0) is 35.9 Å². The first-order chi connectivity index (χ1) is 9.12. The van der Waals surface area contributed by atoms with Crippen LogP contribution in [0.2, 0.25) is 0 Å². The minimum absolute atomic E-state index is 0.264. The molecule has 3 nitrogen and oxygen atoms in total. The molecule has 94 valence electrons. The van der Waals surface area contributed by atoms with Gasteiger partial charge in [-0.2, -0.15) is 5.26 Å². The molecule has 0 bridgehead atoms. The van der Waals surface area contributed by atoms with Crippen molar-refractivity contribution in [2.75, 3.05) is 0 Å². The lowest BCUT2D eigenvalue weighted by atomic mass is 10.1. The summed E-state index contributed by atoms with van der Waals surface area (Å²) in [6, 6.07) is 17.0. The van der Waals surface area contributed by atoms with E-state index in [2.05, 4.69) is 0 Å². The molecule has 0 N–H and O–H groups in total. The van der Waals surface area contributed by atoms with Crippen LogP contribution in [-0.4, -0.2) is 8.42 Å². The maximum atomic E-state index is 12.0. The van der Waals surface area contributed by atoms with Crippen molar-refractivity contribution in [3.05, 3.63) is 71.1 Å². The van der Waals surface area contributed by atoms with Gasteiger partial charge in [0.25, 0.3) is 0 Å². The molecular formula is C15H11NO2S. The van der Waals surface area contributed by atoms with E-state index in [9.17, 15) is 8.42 Å². The minimum Gasteiger partial charge on any atom is -0.219 e. The predicted octanol–water partition coefficient (Wildman–Crippen LogP) is 3.00. The highest BCUT2D eigenvalue weighted by molar-refractivity contribution is 7.94. The van der Waals surface area contributed by atoms with Crippen molar-refractivity contribution in [1.82, 2.24) is 0 Å². The van der Waals surface area contributed by atoms with Crippen LogP contribution in [0, 0.1) is 11.3 Å². The Morgan fingerprint density at radius 2 is 1.58 bits per heavy atom. The highest BCUT2D eigenvalue weighted by atomic mass is 32.2. The first-order valence-corrected chi connectivity index (χ1v) is 7.15. The van der Waals surface area contributed by atoms with Gasteiger partial charge in [0.1, 0.15) is 0 Å². The zero-order chi connectivity index (χ0) is 13.7. The molecule has 0 fully saturated rings. The second kappa shape index (κ2) is 5.51. The fourth-order valence-electron chi connectivity index (χ4n) is 1.53. The summed E-state index contributed by atoms with van der Waals surface area (Å²) in [5.74, 6) is 0. The summed E-state index contributed by atoms with van der Waals surface area (Å²) in [5, 5.41) is 9.84. The summed E-state index contributed by atoms with van der Waals surface area (Å²) in [6.07, 6.45) is 1.52. The lowest BCUT2D eigenvalue weighted by Gasteiger charge is -1.98. The topological polar surface area (TPSA) is 57.9 Å². The standard InChI is InChI=1S/C15H11NO2S/c16-12-14-8-6-13(7-9-14)10-11-19(17,18)15-4-2-1-3-5-15/h1-11H/b11-10+. The van der Waals surface area contributed by atoms with Gasteiger partial charge < -0.3 is 0 Å². The summed E-state index contributed by atoms with van der Waals surface area (Å²) >= 11 is 0. The molecule has 0 heterocycles. The average Bonchev–Trinajstić information content (AvgIpc) is 2.47. The molecule has 2 aromatic rings. The minimum atomic E-state index is -3.42. The summed E-state index contributed by atoms with van der Waals surface area (Å²) in [7, 11) is -3.42. The van der Waals surface area contributed by atoms with Gasteiger partial charge in [-0.25, -0.2) is 8.42 Å². The normalized spacial score (nSPS) is 11.3. The third-order valence-corrected chi connectivity index (χ3v) is 3.97. The number of rotatable bonds is 3. The summed E-state index contributed by atoms with van der Waals surface area (Å²) in [5.41, 5.74) is 1.28. The third-order valence-electron chi connectivity index (χ3n) is 2.55. The molecule has 0 saturated carbocycles. The number of nitrogens with zero attached hydrogens (tertiary/aromatic N) is 1. The SMILES string of the molecule is N#Cc1ccc(/C=C/S(=O)(=O)c2ccccc2)cc1. The molecule has 0 saturated heterocycles. The van der Waals surface area contributed by atoms with Gasteiger partial charge in [-0.15, -0.1) is 0 Å². The molecule has 0 spiro atoms. The fourth-order valence-corrected chi connectivity index (χ4v) is 2.56. The van der Waals surface area contributed by atoms with Crippen LogP contribution in [0.4, 0.5) is 0 Å². The Bertz CT molecular complexity index is 724. The first-order valence-electron chi connectivity index (χ1n) is 5.60. The summed E-state index contributed by atoms with van der Waals surface area (Å²) in [6.45, 7) is 0. The van der Waals surface area contributed by atoms with Crippen molar-refractivity contribution in [1.29, 1.82) is 5.26 Å². The Labute approximate surface area is 112 Å². The van der Waals surface area contributed by atoms with E-state index in [1.165, 1.54) is 11.5 Å². The van der Waals surface area contributed by atoms with E-state index in [0.29, 0.717) is 5.56 Å². The lowest BCUT2D eigenvalue weighted by molar-refractivity contribution is 0.605. The Balaban J connectivity index is 2.25. The molecule has 0 unspecified atom stereocenters. The number of hydrogen-bond donors (Lipinski definition) is 0. The van der Waals surface area contributed by atoms with Crippen LogP contribution in [0.25, 0.3) is 6.08 Å². The van der Waals surface area contributed by atoms with Crippen molar-refractivity contribution in [3.8, 4) is 6.07 Å². The zero-order valence-corrected chi connectivity index (χ0v) is 10.8. The third kappa shape index (κ3) is 3.30. The maximum Gasteiger partial charge on any atom is 0.199 e. The van der Waals surface area contributed by atoms with Gasteiger partial charge in [0.15, 0.2) is 9.84 Å². The van der Waals surface area contributed by atoms with Crippen molar-refractivity contribution in [3.63, 3.8) is 0 Å². The highest BCUT2D eigenvalue weighted by Crippen LogP contribution is 2.13.